The van der Waals surface area contributed by atoms with Crippen molar-refractivity contribution in [3.05, 3.63) is 77.3 Å². The van der Waals surface area contributed by atoms with Crippen molar-refractivity contribution in [1.82, 2.24) is 14.8 Å². The number of benzene rings is 2. The lowest BCUT2D eigenvalue weighted by atomic mass is 10.0. The summed E-state index contributed by atoms with van der Waals surface area (Å²) in [7, 11) is -0.610. The normalized spacial score (nSPS) is 11.3. The molecule has 35 heavy (non-hydrogen) atoms. The van der Waals surface area contributed by atoms with Crippen LogP contribution in [0.1, 0.15) is 22.5 Å². The predicted molar refractivity (Wildman–Crippen MR) is 129 cm³/mol. The molecule has 10 heteroatoms. The number of aryl methyl sites for hydroxylation is 2. The molecule has 0 amide bonds. The molecule has 0 saturated heterocycles. The second-order valence-electron chi connectivity index (χ2n) is 7.88. The van der Waals surface area contributed by atoms with Gasteiger partial charge in [-0.25, -0.2) is 8.42 Å². The smallest absolute Gasteiger partial charge is 0.204 e. The van der Waals surface area contributed by atoms with Crippen LogP contribution in [0.4, 0.5) is 0 Å². The van der Waals surface area contributed by atoms with Gasteiger partial charge in [0, 0.05) is 0 Å². The predicted octanol–water partition coefficient (Wildman–Crippen LogP) is 3.88. The topological polar surface area (TPSA) is 120 Å². The number of methoxy groups -OCH3 is 2. The Morgan fingerprint density at radius 2 is 1.80 bits per heavy atom. The van der Waals surface area contributed by atoms with Gasteiger partial charge >= 0.3 is 0 Å². The number of furan rings is 1. The highest BCUT2D eigenvalue weighted by Crippen LogP contribution is 2.36. The van der Waals surface area contributed by atoms with Crippen LogP contribution < -0.4 is 9.47 Å². The quantitative estimate of drug-likeness (QED) is 0.345. The van der Waals surface area contributed by atoms with E-state index in [1.165, 1.54) is 20.5 Å². The third kappa shape index (κ3) is 5.05. The van der Waals surface area contributed by atoms with Crippen LogP contribution in [0.15, 0.2) is 59.2 Å². The number of rotatable bonds is 9. The molecule has 4 rings (SSSR count). The van der Waals surface area contributed by atoms with E-state index < -0.39 is 9.84 Å². The average Bonchev–Trinajstić information content (AvgIpc) is 3.52. The van der Waals surface area contributed by atoms with Gasteiger partial charge in [-0.1, -0.05) is 18.2 Å². The molecule has 9 nitrogen and oxygen atoms in total. The number of aromatic nitrogens is 3. The fraction of sp³-hybridized carbons (Fsp3) is 0.240. The largest absolute Gasteiger partial charge is 0.494 e. The third-order valence-electron chi connectivity index (χ3n) is 5.51. The van der Waals surface area contributed by atoms with Crippen molar-refractivity contribution in [3.63, 3.8) is 0 Å². The maximum absolute atomic E-state index is 13.2. The molecule has 0 saturated carbocycles. The lowest BCUT2D eigenvalue weighted by Gasteiger charge is -2.17. The Morgan fingerprint density at radius 1 is 1.06 bits per heavy atom. The van der Waals surface area contributed by atoms with Crippen molar-refractivity contribution in [1.29, 1.82) is 5.26 Å². The van der Waals surface area contributed by atoms with Crippen molar-refractivity contribution < 1.29 is 22.3 Å². The molecule has 0 bridgehead atoms. The number of para-hydroxylation sites is 1. The van der Waals surface area contributed by atoms with Crippen LogP contribution in [0.5, 0.6) is 11.5 Å². The second kappa shape index (κ2) is 10.0. The molecule has 0 spiro atoms. The number of hydrogen-bond donors (Lipinski definition) is 0. The zero-order valence-electron chi connectivity index (χ0n) is 19.6. The first-order valence-electron chi connectivity index (χ1n) is 10.8. The Morgan fingerprint density at radius 3 is 2.43 bits per heavy atom. The SMILES string of the molecule is COc1cccc(OC)c1-n1c(CS(=O)(=O)CCc2ccc(C)cc2C#N)nnc1-c1ccco1. The fourth-order valence-corrected chi connectivity index (χ4v) is 5.06. The number of ether oxygens (including phenoxy) is 2. The van der Waals surface area contributed by atoms with Crippen LogP contribution in [0.25, 0.3) is 17.3 Å². The summed E-state index contributed by atoms with van der Waals surface area (Å²) in [6.07, 6.45) is 1.71. The van der Waals surface area contributed by atoms with E-state index in [0.717, 1.165) is 5.56 Å². The summed E-state index contributed by atoms with van der Waals surface area (Å²) in [6, 6.07) is 16.2. The zero-order chi connectivity index (χ0) is 25.0. The first kappa shape index (κ1) is 24.0. The first-order chi connectivity index (χ1) is 16.9. The molecular weight excluding hydrogens is 468 g/mol. The summed E-state index contributed by atoms with van der Waals surface area (Å²) in [6.45, 7) is 1.89. The highest BCUT2D eigenvalue weighted by Gasteiger charge is 2.26. The number of hydrogen-bond acceptors (Lipinski definition) is 8. The minimum absolute atomic E-state index is 0.156. The molecule has 0 unspecified atom stereocenters. The first-order valence-corrected chi connectivity index (χ1v) is 12.6. The number of sulfone groups is 1. The maximum Gasteiger partial charge on any atom is 0.204 e. The van der Waals surface area contributed by atoms with Gasteiger partial charge in [0.1, 0.15) is 22.9 Å². The Balaban J connectivity index is 1.73. The minimum Gasteiger partial charge on any atom is -0.494 e. The highest BCUT2D eigenvalue weighted by atomic mass is 32.2. The average molecular weight is 493 g/mol. The molecule has 180 valence electrons. The van der Waals surface area contributed by atoms with E-state index >= 15 is 0 Å². The molecular formula is C25H24N4O5S. The van der Waals surface area contributed by atoms with E-state index in [9.17, 15) is 13.7 Å². The molecule has 0 atom stereocenters. The molecule has 4 aromatic rings. The highest BCUT2D eigenvalue weighted by molar-refractivity contribution is 7.90. The monoisotopic (exact) mass is 492 g/mol. The third-order valence-corrected chi connectivity index (χ3v) is 7.04. The van der Waals surface area contributed by atoms with E-state index in [-0.39, 0.29) is 23.8 Å². The molecule has 0 aliphatic heterocycles. The van der Waals surface area contributed by atoms with E-state index in [0.29, 0.717) is 39.9 Å². The van der Waals surface area contributed by atoms with Crippen molar-refractivity contribution in [2.24, 2.45) is 0 Å². The summed E-state index contributed by atoms with van der Waals surface area (Å²) in [4.78, 5) is 0. The minimum atomic E-state index is -3.64. The molecule has 0 radical (unpaired) electrons. The van der Waals surface area contributed by atoms with Gasteiger partial charge in [0.15, 0.2) is 21.4 Å². The van der Waals surface area contributed by atoms with E-state index in [1.54, 1.807) is 47.0 Å². The summed E-state index contributed by atoms with van der Waals surface area (Å²) in [5, 5.41) is 17.8. The van der Waals surface area contributed by atoms with Gasteiger partial charge in [0.2, 0.25) is 5.82 Å². The van der Waals surface area contributed by atoms with Gasteiger partial charge in [0.25, 0.3) is 0 Å². The van der Waals surface area contributed by atoms with Crippen molar-refractivity contribution in [2.45, 2.75) is 19.1 Å². The van der Waals surface area contributed by atoms with E-state index in [2.05, 4.69) is 16.3 Å². The van der Waals surface area contributed by atoms with Gasteiger partial charge in [-0.05, 0) is 54.8 Å². The second-order valence-corrected chi connectivity index (χ2v) is 10.1. The summed E-state index contributed by atoms with van der Waals surface area (Å²) >= 11 is 0. The van der Waals surface area contributed by atoms with Gasteiger partial charge < -0.3 is 13.9 Å². The Labute approximate surface area is 203 Å². The lowest BCUT2D eigenvalue weighted by Crippen LogP contribution is -2.16. The van der Waals surface area contributed by atoms with Crippen molar-refractivity contribution in [3.8, 4) is 34.8 Å². The summed E-state index contributed by atoms with van der Waals surface area (Å²) in [5.41, 5.74) is 2.56. The fourth-order valence-electron chi connectivity index (χ4n) is 3.81. The van der Waals surface area contributed by atoms with Crippen LogP contribution >= 0.6 is 0 Å². The lowest BCUT2D eigenvalue weighted by molar-refractivity contribution is 0.390. The van der Waals surface area contributed by atoms with E-state index in [4.69, 9.17) is 13.9 Å². The maximum atomic E-state index is 13.2. The molecule has 0 N–H and O–H groups in total. The van der Waals surface area contributed by atoms with Crippen LogP contribution in [0, 0.1) is 18.3 Å². The van der Waals surface area contributed by atoms with Crippen molar-refractivity contribution in [2.75, 3.05) is 20.0 Å². The van der Waals surface area contributed by atoms with Gasteiger partial charge in [-0.15, -0.1) is 10.2 Å². The van der Waals surface area contributed by atoms with Crippen molar-refractivity contribution >= 4 is 9.84 Å². The van der Waals surface area contributed by atoms with Gasteiger partial charge in [0.05, 0.1) is 37.9 Å². The molecule has 0 fully saturated rings. The number of nitriles is 1. The van der Waals surface area contributed by atoms with Crippen LogP contribution in [-0.2, 0) is 22.0 Å². The standard InChI is InChI=1S/C25H24N4O5S/c1-17-9-10-18(19(14-17)15-26)11-13-35(30,31)16-23-27-28-25(22-8-5-12-34-22)29(23)24-20(32-2)6-4-7-21(24)33-3/h4-10,12,14H,11,13,16H2,1-3H3. The van der Waals surface area contributed by atoms with Gasteiger partial charge in [-0.3, -0.25) is 4.57 Å². The molecule has 2 heterocycles. The van der Waals surface area contributed by atoms with Crippen LogP contribution in [0.3, 0.4) is 0 Å². The molecule has 0 aliphatic rings. The Hall–Kier alpha value is -4.10. The molecule has 2 aromatic heterocycles. The van der Waals surface area contributed by atoms with Crippen LogP contribution in [0.2, 0.25) is 0 Å². The molecule has 2 aromatic carbocycles. The van der Waals surface area contributed by atoms with Crippen LogP contribution in [-0.4, -0.2) is 43.2 Å². The van der Waals surface area contributed by atoms with Gasteiger partial charge in [-0.2, -0.15) is 5.26 Å². The Kier molecular flexibility index (Phi) is 6.89. The zero-order valence-corrected chi connectivity index (χ0v) is 20.4. The summed E-state index contributed by atoms with van der Waals surface area (Å²) < 4.78 is 44.6. The van der Waals surface area contributed by atoms with E-state index in [1.807, 2.05) is 13.0 Å². The number of nitrogens with zero attached hydrogens (tertiary/aromatic N) is 4. The molecule has 0 aliphatic carbocycles. The summed E-state index contributed by atoms with van der Waals surface area (Å²) in [5.74, 6) is 1.28. The Bertz CT molecular complexity index is 1460.